The molecule has 2 saturated heterocycles. The molecule has 0 spiro atoms. The predicted octanol–water partition coefficient (Wildman–Crippen LogP) is 14.6. The summed E-state index contributed by atoms with van der Waals surface area (Å²) in [6, 6.07) is -0.861. The fraction of sp³-hybridized carbons (Fsp3) is 0.770. The lowest BCUT2D eigenvalue weighted by molar-refractivity contribution is -0.359. The number of carbonyl (C=O) groups is 1. The Morgan fingerprint density at radius 3 is 1.18 bits per heavy atom. The number of ether oxygens (including phenoxy) is 4. The van der Waals surface area contributed by atoms with Crippen LogP contribution in [0.2, 0.25) is 0 Å². The number of rotatable bonds is 57. The average molecular weight is 1240 g/mol. The van der Waals surface area contributed by atoms with Crippen molar-refractivity contribution in [2.45, 2.75) is 344 Å². The number of aliphatic hydroxyl groups is 8. The molecule has 0 aromatic rings. The van der Waals surface area contributed by atoms with E-state index >= 15 is 0 Å². The molecule has 508 valence electrons. The van der Waals surface area contributed by atoms with E-state index in [2.05, 4.69) is 116 Å². The molecule has 0 aromatic heterocycles. The van der Waals surface area contributed by atoms with Crippen molar-refractivity contribution in [3.05, 3.63) is 97.2 Å². The monoisotopic (exact) mass is 1240 g/mol. The first-order chi connectivity index (χ1) is 43.1. The first-order valence-corrected chi connectivity index (χ1v) is 35.5. The maximum atomic E-state index is 13.3. The van der Waals surface area contributed by atoms with Crippen LogP contribution < -0.4 is 5.32 Å². The zero-order valence-corrected chi connectivity index (χ0v) is 55.2. The van der Waals surface area contributed by atoms with E-state index in [1.807, 2.05) is 0 Å². The molecule has 0 radical (unpaired) electrons. The van der Waals surface area contributed by atoms with Gasteiger partial charge in [-0.2, -0.15) is 0 Å². The van der Waals surface area contributed by atoms with Gasteiger partial charge < -0.3 is 65.1 Å². The first-order valence-electron chi connectivity index (χ1n) is 35.5. The van der Waals surface area contributed by atoms with Crippen LogP contribution in [0.25, 0.3) is 0 Å². The van der Waals surface area contributed by atoms with Gasteiger partial charge in [-0.1, -0.05) is 284 Å². The van der Waals surface area contributed by atoms with Crippen LogP contribution in [-0.2, 0) is 23.7 Å². The van der Waals surface area contributed by atoms with E-state index < -0.39 is 86.8 Å². The highest BCUT2D eigenvalue weighted by atomic mass is 16.7. The third kappa shape index (κ3) is 41.4. The molecule has 0 bridgehead atoms. The Balaban J connectivity index is 1.71. The Labute approximate surface area is 534 Å². The van der Waals surface area contributed by atoms with E-state index in [4.69, 9.17) is 18.9 Å². The van der Waals surface area contributed by atoms with Gasteiger partial charge in [-0.15, -0.1) is 0 Å². The number of hydrogen-bond acceptors (Lipinski definition) is 13. The molecule has 12 unspecified atom stereocenters. The van der Waals surface area contributed by atoms with Crippen LogP contribution in [0.15, 0.2) is 97.2 Å². The number of hydrogen-bond donors (Lipinski definition) is 9. The minimum atomic E-state index is -1.79. The number of nitrogens with one attached hydrogen (secondary N) is 1. The van der Waals surface area contributed by atoms with Crippen molar-refractivity contribution < 1.29 is 64.6 Å². The number of unbranched alkanes of at least 4 members (excludes halogenated alkanes) is 28. The second-order valence-electron chi connectivity index (χ2n) is 24.6. The highest BCUT2D eigenvalue weighted by Crippen LogP contribution is 2.30. The molecule has 0 aliphatic carbocycles. The molecule has 0 aromatic carbocycles. The molecule has 9 N–H and O–H groups in total. The third-order valence-corrected chi connectivity index (χ3v) is 16.8. The molecule has 14 nitrogen and oxygen atoms in total. The highest BCUT2D eigenvalue weighted by Gasteiger charge is 2.51. The number of amides is 1. The average Bonchev–Trinajstić information content (AvgIpc) is 1.93. The van der Waals surface area contributed by atoms with Gasteiger partial charge >= 0.3 is 0 Å². The first kappa shape index (κ1) is 81.0. The smallest absolute Gasteiger partial charge is 0.220 e. The summed E-state index contributed by atoms with van der Waals surface area (Å²) in [5, 5.41) is 87.6. The topological polar surface area (TPSA) is 228 Å². The molecule has 0 saturated carbocycles. The van der Waals surface area contributed by atoms with Gasteiger partial charge in [0.05, 0.1) is 32.0 Å². The molecular formula is C74H129NO13. The van der Waals surface area contributed by atoms with E-state index in [9.17, 15) is 45.6 Å². The van der Waals surface area contributed by atoms with Crippen LogP contribution in [0.1, 0.15) is 271 Å². The quantitative estimate of drug-likeness (QED) is 0.0204. The number of aliphatic hydroxyl groups excluding tert-OH is 8. The summed E-state index contributed by atoms with van der Waals surface area (Å²) >= 11 is 0. The molecule has 88 heavy (non-hydrogen) atoms. The normalized spacial score (nSPS) is 23.8. The van der Waals surface area contributed by atoms with E-state index in [0.717, 1.165) is 89.9 Å². The van der Waals surface area contributed by atoms with Gasteiger partial charge in [-0.25, -0.2) is 0 Å². The fourth-order valence-electron chi connectivity index (χ4n) is 11.2. The van der Waals surface area contributed by atoms with Crippen molar-refractivity contribution in [2.24, 2.45) is 0 Å². The van der Waals surface area contributed by atoms with Crippen LogP contribution in [-0.4, -0.2) is 140 Å². The van der Waals surface area contributed by atoms with E-state index in [0.29, 0.717) is 12.8 Å². The summed E-state index contributed by atoms with van der Waals surface area (Å²) < 4.78 is 22.9. The van der Waals surface area contributed by atoms with Crippen LogP contribution in [0, 0.1) is 0 Å². The lowest BCUT2D eigenvalue weighted by atomic mass is 9.97. The lowest BCUT2D eigenvalue weighted by Gasteiger charge is -2.46. The fourth-order valence-corrected chi connectivity index (χ4v) is 11.2. The minimum absolute atomic E-state index is 0.243. The standard InChI is InChI=1S/C74H129NO13/c1-3-5-7-9-11-13-15-17-19-21-23-25-27-29-31-33-35-37-39-41-43-45-47-49-51-53-55-57-63(78)62(61-85-73-71(84)69(82)72(65(60-77)87-73)88-74-70(83)68(81)67(80)64(59-76)86-74)75-66(79)58-56-54-52-50-48-46-44-42-40-38-36-34-32-30-28-26-24-22-20-18-16-14-12-10-8-6-4-2/h6,8,12,14,18,20,24,26,30,32,36,38,42,44,48,50,62-65,67-74,76-78,80-84H,3-5,7,9-11,13,15-17,19,21-23,25,27-29,31,33-35,37,39-41,43,45-47,49,51-61H2,1-2H3,(H,75,79)/b8-6-,14-12-,20-18-,26-24-,32-30-,38-36-,44-42-,50-48-. The van der Waals surface area contributed by atoms with Crippen LogP contribution in [0.3, 0.4) is 0 Å². The van der Waals surface area contributed by atoms with Crippen molar-refractivity contribution >= 4 is 5.91 Å². The maximum Gasteiger partial charge on any atom is 0.220 e. The van der Waals surface area contributed by atoms with Gasteiger partial charge in [0.1, 0.15) is 48.8 Å². The maximum absolute atomic E-state index is 13.3. The molecule has 2 aliphatic rings. The van der Waals surface area contributed by atoms with Crippen LogP contribution >= 0.6 is 0 Å². The van der Waals surface area contributed by atoms with Crippen molar-refractivity contribution in [2.75, 3.05) is 19.8 Å². The molecule has 2 rings (SSSR count). The van der Waals surface area contributed by atoms with Crippen molar-refractivity contribution in [3.63, 3.8) is 0 Å². The van der Waals surface area contributed by atoms with E-state index in [1.54, 1.807) is 0 Å². The summed E-state index contributed by atoms with van der Waals surface area (Å²) in [5.41, 5.74) is 0. The van der Waals surface area contributed by atoms with Gasteiger partial charge in [0.2, 0.25) is 5.91 Å². The number of allylic oxidation sites excluding steroid dienone is 16. The second-order valence-corrected chi connectivity index (χ2v) is 24.6. The van der Waals surface area contributed by atoms with E-state index in [1.165, 1.54) is 148 Å². The summed E-state index contributed by atoms with van der Waals surface area (Å²) in [6.45, 7) is 2.74. The zero-order chi connectivity index (χ0) is 63.8. The lowest BCUT2D eigenvalue weighted by Crippen LogP contribution is -2.65. The molecule has 14 heteroatoms. The Kier molecular flexibility index (Phi) is 53.2. The largest absolute Gasteiger partial charge is 0.394 e. The van der Waals surface area contributed by atoms with Crippen molar-refractivity contribution in [3.8, 4) is 0 Å². The van der Waals surface area contributed by atoms with Crippen LogP contribution in [0.5, 0.6) is 0 Å². The van der Waals surface area contributed by atoms with Crippen LogP contribution in [0.4, 0.5) is 0 Å². The number of carbonyl (C=O) groups excluding carboxylic acids is 1. The molecular weight excluding hydrogens is 1110 g/mol. The predicted molar refractivity (Wildman–Crippen MR) is 359 cm³/mol. The Hall–Kier alpha value is -3.09. The highest BCUT2D eigenvalue weighted by molar-refractivity contribution is 5.76. The second kappa shape index (κ2) is 57.8. The van der Waals surface area contributed by atoms with Gasteiger partial charge in [0.15, 0.2) is 12.6 Å². The molecule has 2 aliphatic heterocycles. The van der Waals surface area contributed by atoms with Gasteiger partial charge in [0.25, 0.3) is 0 Å². The van der Waals surface area contributed by atoms with Gasteiger partial charge in [0, 0.05) is 6.42 Å². The molecule has 12 atom stereocenters. The van der Waals surface area contributed by atoms with Gasteiger partial charge in [-0.05, 0) is 77.0 Å². The SMILES string of the molecule is CC/C=C\C/C=C\C/C=C\C/C=C\C/C=C\C/C=C\C/C=C\C/C=C\CCCCC(=O)NC(COC1OC(CO)C(OC2OC(CO)C(O)C(O)C2O)C(O)C1O)C(O)CCCCCCCCCCCCCCCCCCCCCCCCCCCCC. The summed E-state index contributed by atoms with van der Waals surface area (Å²) in [4.78, 5) is 13.3. The minimum Gasteiger partial charge on any atom is -0.394 e. The summed E-state index contributed by atoms with van der Waals surface area (Å²) in [5.74, 6) is -0.249. The third-order valence-electron chi connectivity index (χ3n) is 16.8. The summed E-state index contributed by atoms with van der Waals surface area (Å²) in [6.07, 6.45) is 64.2. The van der Waals surface area contributed by atoms with Crippen molar-refractivity contribution in [1.29, 1.82) is 0 Å². The Bertz CT molecular complexity index is 1850. The summed E-state index contributed by atoms with van der Waals surface area (Å²) in [7, 11) is 0. The molecule has 1 amide bonds. The van der Waals surface area contributed by atoms with Gasteiger partial charge in [-0.3, -0.25) is 4.79 Å². The Morgan fingerprint density at radius 1 is 0.420 bits per heavy atom. The Morgan fingerprint density at radius 2 is 0.784 bits per heavy atom. The van der Waals surface area contributed by atoms with E-state index in [-0.39, 0.29) is 18.9 Å². The molecule has 2 fully saturated rings. The zero-order valence-electron chi connectivity index (χ0n) is 55.2. The molecule has 2 heterocycles. The van der Waals surface area contributed by atoms with Crippen molar-refractivity contribution in [1.82, 2.24) is 5.32 Å².